The summed E-state index contributed by atoms with van der Waals surface area (Å²) < 4.78 is 0. The Labute approximate surface area is 130 Å². The number of carbonyl (C=O) groups is 1. The average molecular weight is 312 g/mol. The third-order valence-electron chi connectivity index (χ3n) is 3.91. The van der Waals surface area contributed by atoms with Crippen molar-refractivity contribution in [2.45, 2.75) is 19.3 Å². The van der Waals surface area contributed by atoms with Crippen molar-refractivity contribution < 1.29 is 4.79 Å². The number of carbonyl (C=O) groups excluding carboxylic acids is 1. The molecule has 1 aromatic rings. The number of halogens is 1. The Morgan fingerprint density at radius 2 is 2.10 bits per heavy atom. The zero-order valence-electron chi connectivity index (χ0n) is 12.8. The molecule has 1 aliphatic heterocycles. The molecule has 0 aromatic carbocycles. The van der Waals surface area contributed by atoms with Gasteiger partial charge in [0, 0.05) is 40.7 Å². The van der Waals surface area contributed by atoms with Gasteiger partial charge in [-0.05, 0) is 18.8 Å². The van der Waals surface area contributed by atoms with Crippen molar-refractivity contribution in [3.05, 3.63) is 11.5 Å². The van der Waals surface area contributed by atoms with Crippen molar-refractivity contribution in [3.8, 4) is 0 Å². The van der Waals surface area contributed by atoms with Crippen molar-refractivity contribution in [2.75, 3.05) is 44.4 Å². The monoisotopic (exact) mass is 311 g/mol. The van der Waals surface area contributed by atoms with Crippen molar-refractivity contribution in [1.29, 1.82) is 0 Å². The number of anilines is 2. The van der Waals surface area contributed by atoms with Crippen molar-refractivity contribution >= 4 is 29.0 Å². The molecule has 1 amide bonds. The molecule has 1 fully saturated rings. The maximum absolute atomic E-state index is 11.8. The zero-order valence-corrected chi connectivity index (χ0v) is 13.5. The molecule has 21 heavy (non-hydrogen) atoms. The Hall–Kier alpha value is -1.56. The van der Waals surface area contributed by atoms with E-state index in [1.165, 1.54) is 6.33 Å². The summed E-state index contributed by atoms with van der Waals surface area (Å²) in [6.07, 6.45) is 4.10. The first-order valence-electron chi connectivity index (χ1n) is 7.16. The highest BCUT2D eigenvalue weighted by atomic mass is 35.5. The highest BCUT2D eigenvalue weighted by Crippen LogP contribution is 2.32. The van der Waals surface area contributed by atoms with Gasteiger partial charge < -0.3 is 15.1 Å². The predicted molar refractivity (Wildman–Crippen MR) is 84.8 cm³/mol. The molecule has 7 heteroatoms. The van der Waals surface area contributed by atoms with Gasteiger partial charge in [0.2, 0.25) is 5.91 Å². The fourth-order valence-electron chi connectivity index (χ4n) is 2.59. The van der Waals surface area contributed by atoms with Crippen LogP contribution >= 0.6 is 11.6 Å². The molecule has 0 unspecified atom stereocenters. The lowest BCUT2D eigenvalue weighted by Crippen LogP contribution is -2.36. The molecule has 6 nitrogen and oxygen atoms in total. The normalized spacial score (nSPS) is 15.9. The van der Waals surface area contributed by atoms with Gasteiger partial charge >= 0.3 is 0 Å². The van der Waals surface area contributed by atoms with E-state index in [1.54, 1.807) is 19.0 Å². The van der Waals surface area contributed by atoms with Gasteiger partial charge in [-0.25, -0.2) is 9.97 Å². The molecule has 0 aliphatic carbocycles. The molecule has 1 saturated heterocycles. The Bertz CT molecular complexity index is 500. The molecule has 0 atom stereocenters. The van der Waals surface area contributed by atoms with Crippen LogP contribution < -0.4 is 10.2 Å². The van der Waals surface area contributed by atoms with E-state index in [0.29, 0.717) is 17.5 Å². The molecule has 0 spiro atoms. The lowest BCUT2D eigenvalue weighted by atomic mass is 9.93. The molecule has 0 radical (unpaired) electrons. The summed E-state index contributed by atoms with van der Waals surface area (Å²) in [5, 5.41) is 3.50. The minimum absolute atomic E-state index is 0.203. The molecule has 1 aromatic heterocycles. The summed E-state index contributed by atoms with van der Waals surface area (Å²) in [6, 6.07) is 0. The largest absolute Gasteiger partial charge is 0.383 e. The Morgan fingerprint density at radius 3 is 2.67 bits per heavy atom. The molecule has 0 bridgehead atoms. The molecule has 0 saturated carbocycles. The maximum atomic E-state index is 11.8. The Kier molecular flexibility index (Phi) is 5.22. The van der Waals surface area contributed by atoms with Gasteiger partial charge in [0.05, 0.1) is 0 Å². The molecule has 116 valence electrons. The van der Waals surface area contributed by atoms with Gasteiger partial charge in [-0.15, -0.1) is 0 Å². The van der Waals surface area contributed by atoms with Crippen LogP contribution in [0.2, 0.25) is 5.15 Å². The van der Waals surface area contributed by atoms with Gasteiger partial charge in [0.25, 0.3) is 0 Å². The van der Waals surface area contributed by atoms with Crippen molar-refractivity contribution in [2.24, 2.45) is 5.92 Å². The van der Waals surface area contributed by atoms with Crippen LogP contribution in [0, 0.1) is 5.92 Å². The molecule has 2 rings (SSSR count). The van der Waals surface area contributed by atoms with Gasteiger partial charge in [-0.1, -0.05) is 11.6 Å². The van der Waals surface area contributed by atoms with Crippen LogP contribution in [0.25, 0.3) is 0 Å². The van der Waals surface area contributed by atoms with Gasteiger partial charge in [-0.2, -0.15) is 0 Å². The number of nitrogens with one attached hydrogen (secondary N) is 1. The van der Waals surface area contributed by atoms with E-state index in [2.05, 4.69) is 20.2 Å². The van der Waals surface area contributed by atoms with Crippen LogP contribution in [0.1, 0.15) is 19.3 Å². The quantitative estimate of drug-likeness (QED) is 0.860. The van der Waals surface area contributed by atoms with E-state index in [1.807, 2.05) is 7.05 Å². The van der Waals surface area contributed by atoms with Crippen molar-refractivity contribution in [1.82, 2.24) is 14.9 Å². The van der Waals surface area contributed by atoms with E-state index in [9.17, 15) is 4.79 Å². The lowest BCUT2D eigenvalue weighted by molar-refractivity contribution is -0.129. The van der Waals surface area contributed by atoms with Crippen molar-refractivity contribution in [3.63, 3.8) is 0 Å². The van der Waals surface area contributed by atoms with Gasteiger partial charge in [-0.3, -0.25) is 4.79 Å². The first-order chi connectivity index (χ1) is 10.0. The van der Waals surface area contributed by atoms with Crippen LogP contribution in [0.5, 0.6) is 0 Å². The zero-order chi connectivity index (χ0) is 15.4. The fraction of sp³-hybridized carbons (Fsp3) is 0.643. The molecule has 2 heterocycles. The van der Waals surface area contributed by atoms with E-state index in [-0.39, 0.29) is 5.91 Å². The number of aromatic nitrogens is 2. The second-order valence-corrected chi connectivity index (χ2v) is 5.89. The molecular formula is C14H22ClN5O. The third kappa shape index (κ3) is 3.75. The minimum Gasteiger partial charge on any atom is -0.383 e. The van der Waals surface area contributed by atoms with Crippen LogP contribution in [0.3, 0.4) is 0 Å². The Balaban J connectivity index is 1.98. The highest BCUT2D eigenvalue weighted by Gasteiger charge is 2.24. The minimum atomic E-state index is 0.203. The SMILES string of the molecule is CNc1c(Cl)ncnc1N1CCC(CC(=O)N(C)C)CC1. The highest BCUT2D eigenvalue weighted by molar-refractivity contribution is 6.32. The summed E-state index contributed by atoms with van der Waals surface area (Å²) in [4.78, 5) is 24.0. The number of rotatable bonds is 4. The predicted octanol–water partition coefficient (Wildman–Crippen LogP) is 1.87. The Morgan fingerprint density at radius 1 is 1.43 bits per heavy atom. The first-order valence-corrected chi connectivity index (χ1v) is 7.54. The number of nitrogens with zero attached hydrogens (tertiary/aromatic N) is 4. The van der Waals surface area contributed by atoms with Crippen LogP contribution in [-0.4, -0.2) is 55.0 Å². The topological polar surface area (TPSA) is 61.4 Å². The van der Waals surface area contributed by atoms with Gasteiger partial charge in [0.1, 0.15) is 12.0 Å². The lowest BCUT2D eigenvalue weighted by Gasteiger charge is -2.33. The van der Waals surface area contributed by atoms with E-state index < -0.39 is 0 Å². The average Bonchev–Trinajstić information content (AvgIpc) is 2.47. The van der Waals surface area contributed by atoms with Gasteiger partial charge in [0.15, 0.2) is 11.0 Å². The van der Waals surface area contributed by atoms with E-state index >= 15 is 0 Å². The standard InChI is InChI=1S/C14H22ClN5O/c1-16-12-13(15)17-9-18-14(12)20-6-4-10(5-7-20)8-11(21)19(2)3/h9-10,16H,4-8H2,1-3H3. The third-order valence-corrected chi connectivity index (χ3v) is 4.19. The number of piperidine rings is 1. The van der Waals surface area contributed by atoms with Crippen LogP contribution in [-0.2, 0) is 4.79 Å². The summed E-state index contributed by atoms with van der Waals surface area (Å²) in [5.41, 5.74) is 0.766. The van der Waals surface area contributed by atoms with Crippen LogP contribution in [0.15, 0.2) is 6.33 Å². The number of hydrogen-bond acceptors (Lipinski definition) is 5. The number of hydrogen-bond donors (Lipinski definition) is 1. The van der Waals surface area contributed by atoms with E-state index in [0.717, 1.165) is 37.4 Å². The molecule has 1 N–H and O–H groups in total. The van der Waals surface area contributed by atoms with Crippen LogP contribution in [0.4, 0.5) is 11.5 Å². The molecular weight excluding hydrogens is 290 g/mol. The second-order valence-electron chi connectivity index (χ2n) is 5.54. The fourth-order valence-corrected chi connectivity index (χ4v) is 2.81. The summed E-state index contributed by atoms with van der Waals surface area (Å²) in [5.74, 6) is 1.50. The number of amides is 1. The second kappa shape index (κ2) is 6.93. The first kappa shape index (κ1) is 15.8. The van der Waals surface area contributed by atoms with E-state index in [4.69, 9.17) is 11.6 Å². The summed E-state index contributed by atoms with van der Waals surface area (Å²) in [7, 11) is 5.43. The summed E-state index contributed by atoms with van der Waals surface area (Å²) in [6.45, 7) is 1.76. The molecule has 1 aliphatic rings. The maximum Gasteiger partial charge on any atom is 0.222 e. The summed E-state index contributed by atoms with van der Waals surface area (Å²) >= 11 is 6.09. The smallest absolute Gasteiger partial charge is 0.222 e.